The Balaban J connectivity index is 0. The summed E-state index contributed by atoms with van der Waals surface area (Å²) in [6, 6.07) is 0. The van der Waals surface area contributed by atoms with Crippen LogP contribution in [-0.4, -0.2) is 79.8 Å². The molecule has 4 heavy (non-hydrogen) atoms. The van der Waals surface area contributed by atoms with E-state index in [1.807, 2.05) is 0 Å². The van der Waals surface area contributed by atoms with E-state index in [0.29, 0.717) is 0 Å². The molecule has 0 bridgehead atoms. The number of rotatable bonds is 0. The minimum atomic E-state index is 0. The van der Waals surface area contributed by atoms with Crippen molar-refractivity contribution < 1.29 is 0 Å². The van der Waals surface area contributed by atoms with Crippen LogP contribution in [0.25, 0.3) is 0 Å². The third kappa shape index (κ3) is 8.82. The second-order valence-corrected chi connectivity index (χ2v) is 0. The van der Waals surface area contributed by atoms with Crippen molar-refractivity contribution in [3.8, 4) is 0 Å². The summed E-state index contributed by atoms with van der Waals surface area (Å²) in [5.41, 5.74) is 0. The molecule has 0 atom stereocenters. The van der Waals surface area contributed by atoms with Crippen LogP contribution >= 0.6 is 0 Å². The third-order valence-corrected chi connectivity index (χ3v) is 0. The van der Waals surface area contributed by atoms with Gasteiger partial charge < -0.3 is 0 Å². The molecule has 0 fully saturated rings. The molecule has 0 rings (SSSR count). The summed E-state index contributed by atoms with van der Waals surface area (Å²) in [7, 11) is 0. The number of hydrogen-bond donors (Lipinski definition) is 0. The van der Waals surface area contributed by atoms with Gasteiger partial charge in [0.25, 0.3) is 0 Å². The summed E-state index contributed by atoms with van der Waals surface area (Å²) in [6.07, 6.45) is 0. The molecule has 0 aliphatic rings. The van der Waals surface area contributed by atoms with Crippen molar-refractivity contribution >= 4 is 79.8 Å². The molecule has 0 aromatic carbocycles. The molecule has 0 nitrogen and oxygen atoms in total. The van der Waals surface area contributed by atoms with Gasteiger partial charge in [0.2, 0.25) is 0 Å². The summed E-state index contributed by atoms with van der Waals surface area (Å²) in [5.74, 6) is 0. The molecule has 0 saturated heterocycles. The van der Waals surface area contributed by atoms with E-state index < -0.39 is 0 Å². The minimum absolute atomic E-state index is 0. The normalized spacial score (nSPS) is 0. The SMILES string of the molecule is [GaH3].[InH3].[SeH2].[SeH2]. The third-order valence-electron chi connectivity index (χ3n) is 0. The van der Waals surface area contributed by atoms with Crippen LogP contribution in [0.3, 0.4) is 0 Å². The molecule has 0 aromatic rings. The molecule has 0 aliphatic carbocycles. The van der Waals surface area contributed by atoms with E-state index in [0.717, 1.165) is 0 Å². The molecular formula is H10GaInSe2. The van der Waals surface area contributed by atoms with Crippen molar-refractivity contribution in [3.05, 3.63) is 0 Å². The van der Waals surface area contributed by atoms with E-state index >= 15 is 0 Å². The molecule has 0 unspecified atom stereocenters. The van der Waals surface area contributed by atoms with Crippen molar-refractivity contribution in [1.29, 1.82) is 0 Å². The van der Waals surface area contributed by atoms with Gasteiger partial charge in [-0.25, -0.2) is 0 Å². The first-order chi connectivity index (χ1) is 0. The van der Waals surface area contributed by atoms with Gasteiger partial charge in [0.1, 0.15) is 0 Å². The molecule has 0 aliphatic heterocycles. The zero-order valence-electron chi connectivity index (χ0n) is 1.00. The van der Waals surface area contributed by atoms with E-state index in [1.54, 1.807) is 0 Å². The predicted molar refractivity (Wildman–Crippen MR) is 37.0 cm³/mol. The van der Waals surface area contributed by atoms with Gasteiger partial charge in [-0.05, 0) is 0 Å². The van der Waals surface area contributed by atoms with Crippen molar-refractivity contribution in [1.82, 2.24) is 0 Å². The second-order valence-electron chi connectivity index (χ2n) is 0. The van der Waals surface area contributed by atoms with Crippen LogP contribution in [0.15, 0.2) is 0 Å². The predicted octanol–water partition coefficient (Wildman–Crippen LogP) is -4.20. The fourth-order valence-electron chi connectivity index (χ4n) is 0. The Bertz CT molecular complexity index is 6.00. The Morgan fingerprint density at radius 1 is 0.750 bits per heavy atom. The average molecular weight is 353 g/mol. The fraction of sp³-hybridized carbons (Fsp3) is 0. The van der Waals surface area contributed by atoms with Gasteiger partial charge in [-0.3, -0.25) is 0 Å². The molecule has 28 valence electrons. The molecule has 0 saturated carbocycles. The molecule has 0 aromatic heterocycles. The van der Waals surface area contributed by atoms with Gasteiger partial charge in [0, 0.05) is 0 Å². The van der Waals surface area contributed by atoms with Gasteiger partial charge in [-0.2, -0.15) is 0 Å². The molecule has 4 heteroatoms. The monoisotopic (exact) mass is 354 g/mol. The molecule has 0 heterocycles. The Hall–Kier alpha value is 2.55. The van der Waals surface area contributed by atoms with E-state index in [1.165, 1.54) is 0 Å². The van der Waals surface area contributed by atoms with Crippen molar-refractivity contribution in [3.63, 3.8) is 0 Å². The van der Waals surface area contributed by atoms with Crippen LogP contribution in [0.1, 0.15) is 0 Å². The standard InChI is InChI=1S/Ga.In.2H2Se.6H/h;;2*1H2;;;;;;. The summed E-state index contributed by atoms with van der Waals surface area (Å²) in [4.78, 5) is 0. The zero-order chi connectivity index (χ0) is 0. The summed E-state index contributed by atoms with van der Waals surface area (Å²) in [5, 5.41) is 0. The van der Waals surface area contributed by atoms with Crippen molar-refractivity contribution in [2.75, 3.05) is 0 Å². The Morgan fingerprint density at radius 2 is 0.750 bits per heavy atom. The molecule has 0 spiro atoms. The quantitative estimate of drug-likeness (QED) is 0.388. The average Bonchev–Trinajstić information content (AvgIpc) is 0. The maximum atomic E-state index is 0. The van der Waals surface area contributed by atoms with E-state index in [9.17, 15) is 0 Å². The zero-order valence-corrected chi connectivity index (χ0v) is 5.20. The van der Waals surface area contributed by atoms with Crippen LogP contribution in [0.2, 0.25) is 0 Å². The Morgan fingerprint density at radius 3 is 0.750 bits per heavy atom. The van der Waals surface area contributed by atoms with Gasteiger partial charge in [-0.1, -0.05) is 0 Å². The van der Waals surface area contributed by atoms with Gasteiger partial charge in [0.05, 0.1) is 0 Å². The Labute approximate surface area is 78.6 Å². The van der Waals surface area contributed by atoms with Gasteiger partial charge >= 0.3 is 79.8 Å². The van der Waals surface area contributed by atoms with E-state index in [-0.39, 0.29) is 79.8 Å². The van der Waals surface area contributed by atoms with E-state index in [2.05, 4.69) is 0 Å². The van der Waals surface area contributed by atoms with Crippen molar-refractivity contribution in [2.24, 2.45) is 0 Å². The summed E-state index contributed by atoms with van der Waals surface area (Å²) >= 11 is 0. The molecular weight excluding hydrogens is 342 g/mol. The van der Waals surface area contributed by atoms with Crippen LogP contribution in [0.4, 0.5) is 0 Å². The van der Waals surface area contributed by atoms with Crippen LogP contribution in [-0.2, 0) is 0 Å². The van der Waals surface area contributed by atoms with Crippen molar-refractivity contribution in [2.45, 2.75) is 0 Å². The molecule has 0 N–H and O–H groups in total. The maximum absolute atomic E-state index is 0. The first-order valence-corrected chi connectivity index (χ1v) is 0. The van der Waals surface area contributed by atoms with E-state index in [4.69, 9.17) is 0 Å². The second kappa shape index (κ2) is 17.7. The molecule has 0 radical (unpaired) electrons. The summed E-state index contributed by atoms with van der Waals surface area (Å²) < 4.78 is 0. The van der Waals surface area contributed by atoms with Crippen LogP contribution < -0.4 is 0 Å². The number of hydrogen-bond acceptors (Lipinski definition) is 0. The van der Waals surface area contributed by atoms with Crippen LogP contribution in [0.5, 0.6) is 0 Å². The topological polar surface area (TPSA) is 0 Å². The molecule has 0 amide bonds. The van der Waals surface area contributed by atoms with Crippen LogP contribution in [0, 0.1) is 0 Å². The Kier molecular flexibility index (Phi) is 137. The fourth-order valence-corrected chi connectivity index (χ4v) is 0. The van der Waals surface area contributed by atoms with Gasteiger partial charge in [-0.15, -0.1) is 0 Å². The van der Waals surface area contributed by atoms with Gasteiger partial charge in [0.15, 0.2) is 0 Å². The first-order valence-electron chi connectivity index (χ1n) is 0. The summed E-state index contributed by atoms with van der Waals surface area (Å²) in [6.45, 7) is 0. The first kappa shape index (κ1) is 31.1.